The Kier molecular flexibility index (Phi) is 3.12. The molecule has 0 amide bonds. The number of hydrogen-bond donors (Lipinski definition) is 0. The number of nitrogens with zero attached hydrogens (tertiary/aromatic N) is 4. The summed E-state index contributed by atoms with van der Waals surface area (Å²) in [5, 5.41) is 4.18. The first-order valence-corrected chi connectivity index (χ1v) is 7.88. The van der Waals surface area contributed by atoms with Crippen LogP contribution in [0.15, 0.2) is 47.4 Å². The van der Waals surface area contributed by atoms with Crippen LogP contribution >= 0.6 is 11.3 Å². The molecule has 0 radical (unpaired) electrons. The van der Waals surface area contributed by atoms with Crippen molar-refractivity contribution in [3.8, 4) is 11.3 Å². The average molecular weight is 294 g/mol. The Balaban J connectivity index is 1.65. The fraction of sp³-hybridized carbons (Fsp3) is 0.188. The van der Waals surface area contributed by atoms with Crippen molar-refractivity contribution in [3.05, 3.63) is 58.7 Å². The van der Waals surface area contributed by atoms with Crippen molar-refractivity contribution in [1.29, 1.82) is 0 Å². The van der Waals surface area contributed by atoms with Gasteiger partial charge in [0.15, 0.2) is 0 Å². The zero-order valence-electron chi connectivity index (χ0n) is 11.4. The summed E-state index contributed by atoms with van der Waals surface area (Å²) in [6.07, 6.45) is 4.65. The molecule has 3 aromatic rings. The molecule has 0 fully saturated rings. The van der Waals surface area contributed by atoms with Crippen molar-refractivity contribution in [2.75, 3.05) is 11.4 Å². The highest BCUT2D eigenvalue weighted by atomic mass is 32.1. The molecule has 0 N–H and O–H groups in total. The summed E-state index contributed by atoms with van der Waals surface area (Å²) in [5.41, 5.74) is 4.61. The second kappa shape index (κ2) is 5.26. The number of fused-ring (bicyclic) bond motifs is 1. The molecule has 104 valence electrons. The minimum absolute atomic E-state index is 0.799. The number of pyridine rings is 1. The second-order valence-corrected chi connectivity index (χ2v) is 5.81. The van der Waals surface area contributed by atoms with Gasteiger partial charge in [-0.25, -0.2) is 9.97 Å². The Labute approximate surface area is 127 Å². The Morgan fingerprint density at radius 3 is 3.00 bits per heavy atom. The highest BCUT2D eigenvalue weighted by Gasteiger charge is 2.19. The first-order chi connectivity index (χ1) is 10.4. The Morgan fingerprint density at radius 2 is 2.10 bits per heavy atom. The van der Waals surface area contributed by atoms with E-state index < -0.39 is 0 Å². The van der Waals surface area contributed by atoms with E-state index in [1.165, 1.54) is 11.3 Å². The summed E-state index contributed by atoms with van der Waals surface area (Å²) in [5.74, 6) is 0.799. The van der Waals surface area contributed by atoms with Crippen molar-refractivity contribution in [1.82, 2.24) is 15.0 Å². The molecule has 0 saturated carbocycles. The molecule has 3 aromatic heterocycles. The standard InChI is InChI=1S/C16H14N4S/c1-2-12-10-20(8-4-14(12)17-6-1)16-18-7-3-15(19-16)13-5-9-21-11-13/h1-3,5-7,9,11H,4,8,10H2. The number of aromatic nitrogens is 3. The molecule has 0 spiro atoms. The zero-order valence-corrected chi connectivity index (χ0v) is 12.3. The number of rotatable bonds is 2. The maximum atomic E-state index is 4.71. The summed E-state index contributed by atoms with van der Waals surface area (Å²) in [6, 6.07) is 8.18. The summed E-state index contributed by atoms with van der Waals surface area (Å²) in [6.45, 7) is 1.74. The van der Waals surface area contributed by atoms with Crippen LogP contribution in [0.1, 0.15) is 11.3 Å². The molecule has 0 unspecified atom stereocenters. The lowest BCUT2D eigenvalue weighted by atomic mass is 10.1. The van der Waals surface area contributed by atoms with Crippen LogP contribution in [-0.4, -0.2) is 21.5 Å². The van der Waals surface area contributed by atoms with Gasteiger partial charge in [-0.15, -0.1) is 0 Å². The van der Waals surface area contributed by atoms with Gasteiger partial charge in [0.2, 0.25) is 5.95 Å². The van der Waals surface area contributed by atoms with E-state index >= 15 is 0 Å². The third kappa shape index (κ3) is 2.40. The van der Waals surface area contributed by atoms with Crippen molar-refractivity contribution in [2.24, 2.45) is 0 Å². The first-order valence-electron chi connectivity index (χ1n) is 6.93. The van der Waals surface area contributed by atoms with Crippen molar-refractivity contribution in [2.45, 2.75) is 13.0 Å². The minimum atomic E-state index is 0.799. The van der Waals surface area contributed by atoms with Crippen LogP contribution in [0.3, 0.4) is 0 Å². The molecule has 5 heteroatoms. The van der Waals surface area contributed by atoms with Crippen LogP contribution in [0.25, 0.3) is 11.3 Å². The Morgan fingerprint density at radius 1 is 1.10 bits per heavy atom. The van der Waals surface area contributed by atoms with E-state index in [9.17, 15) is 0 Å². The third-order valence-corrected chi connectivity index (χ3v) is 4.39. The minimum Gasteiger partial charge on any atom is -0.336 e. The van der Waals surface area contributed by atoms with Crippen molar-refractivity contribution < 1.29 is 0 Å². The number of anilines is 1. The van der Waals surface area contributed by atoms with E-state index in [1.54, 1.807) is 11.3 Å². The van der Waals surface area contributed by atoms with Crippen molar-refractivity contribution >= 4 is 17.3 Å². The van der Waals surface area contributed by atoms with Crippen LogP contribution in [-0.2, 0) is 13.0 Å². The monoisotopic (exact) mass is 294 g/mol. The van der Waals surface area contributed by atoms with Gasteiger partial charge in [0.25, 0.3) is 0 Å². The fourth-order valence-electron chi connectivity index (χ4n) is 2.61. The van der Waals surface area contributed by atoms with Gasteiger partial charge < -0.3 is 4.90 Å². The molecule has 0 atom stereocenters. The summed E-state index contributed by atoms with van der Waals surface area (Å²) in [4.78, 5) is 15.8. The molecule has 4 rings (SSSR count). The highest BCUT2D eigenvalue weighted by Crippen LogP contribution is 2.24. The quantitative estimate of drug-likeness (QED) is 0.728. The maximum absolute atomic E-state index is 4.71. The molecular weight excluding hydrogens is 280 g/mol. The van der Waals surface area contributed by atoms with E-state index in [0.717, 1.165) is 36.7 Å². The molecule has 1 aliphatic heterocycles. The van der Waals surface area contributed by atoms with E-state index in [2.05, 4.69) is 37.8 Å². The zero-order chi connectivity index (χ0) is 14.1. The molecule has 0 bridgehead atoms. The van der Waals surface area contributed by atoms with E-state index in [-0.39, 0.29) is 0 Å². The molecular formula is C16H14N4S. The van der Waals surface area contributed by atoms with Gasteiger partial charge in [-0.1, -0.05) is 6.07 Å². The van der Waals surface area contributed by atoms with E-state index in [4.69, 9.17) is 4.98 Å². The fourth-order valence-corrected chi connectivity index (χ4v) is 3.26. The Hall–Kier alpha value is -2.27. The lowest BCUT2D eigenvalue weighted by molar-refractivity contribution is 0.692. The summed E-state index contributed by atoms with van der Waals surface area (Å²) >= 11 is 1.68. The smallest absolute Gasteiger partial charge is 0.226 e. The molecule has 0 aromatic carbocycles. The van der Waals surface area contributed by atoms with Crippen LogP contribution in [0.2, 0.25) is 0 Å². The van der Waals surface area contributed by atoms with Crippen LogP contribution in [0.4, 0.5) is 5.95 Å². The van der Waals surface area contributed by atoms with Crippen LogP contribution < -0.4 is 4.90 Å². The molecule has 0 saturated heterocycles. The predicted octanol–water partition coefficient (Wildman–Crippen LogP) is 3.16. The highest BCUT2D eigenvalue weighted by molar-refractivity contribution is 7.08. The molecule has 4 nitrogen and oxygen atoms in total. The molecule has 0 aliphatic carbocycles. The van der Waals surface area contributed by atoms with Gasteiger partial charge in [-0.2, -0.15) is 11.3 Å². The normalized spacial score (nSPS) is 14.0. The van der Waals surface area contributed by atoms with E-state index in [0.29, 0.717) is 0 Å². The van der Waals surface area contributed by atoms with E-state index in [1.807, 2.05) is 24.5 Å². The number of hydrogen-bond acceptors (Lipinski definition) is 5. The SMILES string of the molecule is c1cnc2c(c1)CN(c1nccc(-c3ccsc3)n1)CC2. The molecule has 4 heterocycles. The number of thiophene rings is 1. The summed E-state index contributed by atoms with van der Waals surface area (Å²) < 4.78 is 0. The lowest BCUT2D eigenvalue weighted by Gasteiger charge is -2.28. The van der Waals surface area contributed by atoms with Crippen LogP contribution in [0.5, 0.6) is 0 Å². The Bertz CT molecular complexity index is 754. The van der Waals surface area contributed by atoms with Gasteiger partial charge >= 0.3 is 0 Å². The van der Waals surface area contributed by atoms with Crippen molar-refractivity contribution in [3.63, 3.8) is 0 Å². The average Bonchev–Trinajstić information content (AvgIpc) is 3.09. The maximum Gasteiger partial charge on any atom is 0.226 e. The second-order valence-electron chi connectivity index (χ2n) is 5.03. The molecule has 1 aliphatic rings. The predicted molar refractivity (Wildman–Crippen MR) is 84.3 cm³/mol. The first kappa shape index (κ1) is 12.5. The summed E-state index contributed by atoms with van der Waals surface area (Å²) in [7, 11) is 0. The molecule has 21 heavy (non-hydrogen) atoms. The van der Waals surface area contributed by atoms with Gasteiger partial charge in [0, 0.05) is 48.5 Å². The van der Waals surface area contributed by atoms with Gasteiger partial charge in [0.1, 0.15) is 0 Å². The topological polar surface area (TPSA) is 41.9 Å². The van der Waals surface area contributed by atoms with Gasteiger partial charge in [0.05, 0.1) is 5.69 Å². The van der Waals surface area contributed by atoms with Crippen LogP contribution in [0, 0.1) is 0 Å². The largest absolute Gasteiger partial charge is 0.336 e. The lowest BCUT2D eigenvalue weighted by Crippen LogP contribution is -2.32. The van der Waals surface area contributed by atoms with Gasteiger partial charge in [-0.05, 0) is 29.1 Å². The van der Waals surface area contributed by atoms with Gasteiger partial charge in [-0.3, -0.25) is 4.98 Å². The third-order valence-electron chi connectivity index (χ3n) is 3.71.